The van der Waals surface area contributed by atoms with Crippen molar-refractivity contribution in [1.29, 1.82) is 0 Å². The smallest absolute Gasteiger partial charge is 0.309 e. The summed E-state index contributed by atoms with van der Waals surface area (Å²) in [6.45, 7) is 12.4. The van der Waals surface area contributed by atoms with Crippen LogP contribution >= 0.6 is 21.6 Å². The maximum atomic E-state index is 15.4. The van der Waals surface area contributed by atoms with Gasteiger partial charge in [0, 0.05) is 105 Å². The first kappa shape index (κ1) is 98.3. The van der Waals surface area contributed by atoms with E-state index in [0.717, 1.165) is 38.3 Å². The summed E-state index contributed by atoms with van der Waals surface area (Å²) >= 11 is 0. The van der Waals surface area contributed by atoms with E-state index in [1.165, 1.54) is 32.4 Å². The van der Waals surface area contributed by atoms with Crippen LogP contribution in [-0.4, -0.2) is 229 Å². The molecule has 23 N–H and O–H groups in total. The minimum atomic E-state index is -1.75. The number of aliphatic hydroxyl groups excluding tert-OH is 2. The number of hydrogen-bond acceptors (Lipinski definition) is 20. The van der Waals surface area contributed by atoms with Crippen LogP contribution in [0.3, 0.4) is 0 Å². The molecular formula is C75H117CuN17O14S2-6. The van der Waals surface area contributed by atoms with Gasteiger partial charge in [0.05, 0.1) is 42.2 Å². The average molecular weight is 1610 g/mol. The molecular weight excluding hydrogens is 1490 g/mol. The summed E-state index contributed by atoms with van der Waals surface area (Å²) in [7, 11) is 1.96. The number of amides is 6. The quantitative estimate of drug-likeness (QED) is 0.0304. The molecule has 5 aliphatic rings. The number of benzene rings is 3. The summed E-state index contributed by atoms with van der Waals surface area (Å²) in [6, 6.07) is 15.1. The molecule has 4 fully saturated rings. The van der Waals surface area contributed by atoms with Crippen molar-refractivity contribution in [2.24, 2.45) is 29.2 Å². The van der Waals surface area contributed by atoms with E-state index in [1.54, 1.807) is 42.5 Å². The van der Waals surface area contributed by atoms with E-state index in [4.69, 9.17) is 22.1 Å². The molecule has 4 saturated heterocycles. The van der Waals surface area contributed by atoms with Crippen molar-refractivity contribution in [2.45, 2.75) is 171 Å². The third-order valence-corrected chi connectivity index (χ3v) is 21.1. The molecule has 1 radical (unpaired) electrons. The monoisotopic (exact) mass is 1610 g/mol. The van der Waals surface area contributed by atoms with Gasteiger partial charge in [0.1, 0.15) is 17.8 Å². The second-order valence-corrected chi connectivity index (χ2v) is 30.5. The van der Waals surface area contributed by atoms with Crippen molar-refractivity contribution >= 4 is 85.9 Å². The van der Waals surface area contributed by atoms with E-state index < -0.39 is 143 Å². The van der Waals surface area contributed by atoms with Crippen molar-refractivity contribution < 1.29 is 85.4 Å². The number of nitrogens with one attached hydrogen (secondary N) is 9. The van der Waals surface area contributed by atoms with Gasteiger partial charge in [0.15, 0.2) is 17.3 Å². The van der Waals surface area contributed by atoms with Crippen molar-refractivity contribution in [3.63, 3.8) is 0 Å². The molecule has 4 heterocycles. The summed E-state index contributed by atoms with van der Waals surface area (Å²) in [5, 5.41) is 83.4. The zero-order valence-corrected chi connectivity index (χ0v) is 65.7. The molecule has 6 amide bonds. The third kappa shape index (κ3) is 34.0. The standard InChI is InChI=1S/C72H103N14O14S2.C3H8.Cu.3H2N/c1-45(87)55(70(99)100)36-62(92)59-38-102-101-37-52(35-61(91)57(31-47-11-4-3-5-12-47)81-63(93)16-10-17-64(94)86-72-42-78-28-25-75-39-71(74,40-76-26-29-79-43-72)41-77-27-30-80-44-72)67(96)83-58(32-48-18-22-53(89)23-19-48)60(90)34-51(33-50-21-20-49-13-6-7-14-54(49)50)66(95)82-56(15-8-9-24-73)68(97)85-65(46(2)88)69(98)84-59;1-3-2;;;;/h3-7,11-14,18-19,21-23,45-46,51-52,55-59,65,75,78-79,87-89H,8-10,15-17,20,24-44,73-74H2,1-2H3,(H,81,93)(H,82,95)(H,83,96)(H,84,98)(H,85,97)(H,86,94)(H,99,100);3H2,1-2H3;;3*1H2/q-3;;;3*-1/t45?,46?,51-,52-,55-,56-,57+,58-,59-,65-,71-,72+;;;;;/m0...../s1. The van der Waals surface area contributed by atoms with E-state index in [0.29, 0.717) is 102 Å². The van der Waals surface area contributed by atoms with E-state index in [-0.39, 0.29) is 117 Å². The maximum absolute atomic E-state index is 15.4. The normalized spacial score (nSPS) is 24.1. The summed E-state index contributed by atoms with van der Waals surface area (Å²) < 4.78 is 0. The number of rotatable bonds is 25. The summed E-state index contributed by atoms with van der Waals surface area (Å²) in [4.78, 5) is 145. The van der Waals surface area contributed by atoms with Crippen molar-refractivity contribution in [3.8, 4) is 5.75 Å². The molecule has 8 rings (SSSR count). The van der Waals surface area contributed by atoms with Crippen molar-refractivity contribution in [3.05, 3.63) is 142 Å². The first-order valence-electron chi connectivity index (χ1n) is 36.7. The Morgan fingerprint density at radius 2 is 1.28 bits per heavy atom. The Morgan fingerprint density at radius 3 is 1.94 bits per heavy atom. The number of hydrogen-bond donors (Lipinski definition) is 15. The molecule has 3 aromatic carbocycles. The number of fused-ring (bicyclic) bond motifs is 16. The first-order chi connectivity index (χ1) is 50.3. The predicted molar refractivity (Wildman–Crippen MR) is 424 cm³/mol. The Hall–Kier alpha value is -6.80. The predicted octanol–water partition coefficient (Wildman–Crippen LogP) is 4.93. The van der Waals surface area contributed by atoms with Gasteiger partial charge in [0.25, 0.3) is 0 Å². The van der Waals surface area contributed by atoms with Crippen LogP contribution in [0.5, 0.6) is 5.75 Å². The number of unbranched alkanes of at least 4 members (excludes halogenated alkanes) is 1. The molecule has 1 aliphatic carbocycles. The zero-order chi connectivity index (χ0) is 76.3. The number of phenolic OH excluding ortho intramolecular Hbond substituents is 1. The number of carboxylic acid groups (broad SMARTS) is 1. The molecule has 109 heavy (non-hydrogen) atoms. The molecule has 12 atom stereocenters. The summed E-state index contributed by atoms with van der Waals surface area (Å²) in [5.41, 5.74) is 14.9. The van der Waals surface area contributed by atoms with E-state index >= 15 is 19.2 Å². The second-order valence-electron chi connectivity index (χ2n) is 27.9. The van der Waals surface area contributed by atoms with E-state index in [9.17, 15) is 49.2 Å². The molecule has 0 aromatic heterocycles. The number of aliphatic carboxylic acids is 1. The molecule has 31 nitrogen and oxygen atoms in total. The number of aromatic hydroxyl groups is 1. The number of nitrogens with zero attached hydrogens (tertiary/aromatic N) is 3. The number of carboxylic acids is 1. The maximum Gasteiger partial charge on any atom is 0.309 e. The number of carbonyl (C=O) groups excluding carboxylic acids is 9. The fourth-order valence-electron chi connectivity index (χ4n) is 12.7. The number of aliphatic hydroxyl groups is 2. The average Bonchev–Trinajstić information content (AvgIpc) is 1.63. The Morgan fingerprint density at radius 1 is 0.670 bits per heavy atom. The van der Waals surface area contributed by atoms with Gasteiger partial charge in [-0.1, -0.05) is 115 Å². The Balaban J connectivity index is 0.00000566. The Bertz CT molecular complexity index is 3310. The molecule has 34 heteroatoms. The van der Waals surface area contributed by atoms with E-state index in [2.05, 4.69) is 67.0 Å². The molecule has 615 valence electrons. The summed E-state index contributed by atoms with van der Waals surface area (Å²) in [6.07, 6.45) is -0.726. The fourth-order valence-corrected chi connectivity index (χ4v) is 15.2. The SMILES string of the molecule is CC(O)[C@H](CC(=O)[C@@H]1CSSC[C@H](CC(=O)[C@@H](Cc2ccccc2)NC(=O)CCCC(=O)N[C@@]23C[N-]CC[N-]C[C@@](N)(C[N-]CCNC2)CNCCNC3)C(=O)N[C@@H](Cc2ccc(O)cc2)C(=O)C[C@H](CC2=CCc3ccccc32)C(=O)N[C@@H](CCCCN)C(=O)N[C@@H](C(C)O)C(=O)N1)C(=O)O.CCC.[Cu].[NH2-].[NH2-].[NH2-]. The van der Waals surface area contributed by atoms with Gasteiger partial charge >= 0.3 is 5.97 Å². The van der Waals surface area contributed by atoms with Crippen LogP contribution in [0.2, 0.25) is 0 Å². The number of phenols is 1. The number of nitrogens with two attached hydrogens (primary N) is 5. The van der Waals surface area contributed by atoms with Crippen molar-refractivity contribution in [1.82, 2.24) is 47.9 Å². The Labute approximate surface area is 659 Å². The van der Waals surface area contributed by atoms with Gasteiger partial charge in [0.2, 0.25) is 35.4 Å². The number of allylic oxidation sites excluding steroid dienone is 2. The van der Waals surface area contributed by atoms with Crippen LogP contribution in [0.4, 0.5) is 0 Å². The van der Waals surface area contributed by atoms with Crippen molar-refractivity contribution in [2.75, 3.05) is 96.6 Å². The van der Waals surface area contributed by atoms with Crippen LogP contribution in [0.25, 0.3) is 40.0 Å². The Kier molecular flexibility index (Phi) is 46.6. The topological polar surface area (TPSA) is 555 Å². The van der Waals surface area contributed by atoms with Gasteiger partial charge in [-0.05, 0) is 124 Å². The number of carbonyl (C=O) groups is 10. The van der Waals surface area contributed by atoms with Crippen LogP contribution in [0, 0.1) is 17.8 Å². The van der Waals surface area contributed by atoms with Gasteiger partial charge in [-0.3, -0.25) is 47.9 Å². The molecule has 2 bridgehead atoms. The van der Waals surface area contributed by atoms with Gasteiger partial charge in [-0.2, -0.15) is 13.1 Å². The second kappa shape index (κ2) is 51.7. The van der Waals surface area contributed by atoms with Crippen LogP contribution in [0.1, 0.15) is 121 Å². The van der Waals surface area contributed by atoms with E-state index in [1.807, 2.05) is 30.3 Å². The zero-order valence-electron chi connectivity index (χ0n) is 63.1. The minimum absolute atomic E-state index is 0. The number of ketones is 3. The van der Waals surface area contributed by atoms with Gasteiger partial charge in [-0.15, -0.1) is 26.2 Å². The van der Waals surface area contributed by atoms with Crippen LogP contribution < -0.4 is 59.3 Å². The fraction of sp³-hybridized carbons (Fsp3) is 0.600. The minimum Gasteiger partial charge on any atom is -0.693 e. The third-order valence-electron chi connectivity index (χ3n) is 18.6. The molecule has 3 aromatic rings. The van der Waals surface area contributed by atoms with Gasteiger partial charge in [-0.25, -0.2) is 0 Å². The van der Waals surface area contributed by atoms with Crippen LogP contribution in [0.15, 0.2) is 84.9 Å². The first-order valence-corrected chi connectivity index (χ1v) is 39.2. The van der Waals surface area contributed by atoms with Gasteiger partial charge < -0.3 is 114 Å². The van der Waals surface area contributed by atoms with Crippen LogP contribution in [-0.2, 0) is 84.3 Å². The molecule has 0 spiro atoms. The molecule has 2 unspecified atom stereocenters. The largest absolute Gasteiger partial charge is 0.693 e. The molecule has 0 saturated carbocycles. The summed E-state index contributed by atoms with van der Waals surface area (Å²) in [5.74, 6) is -12.6. The number of Topliss-reactive ketones (excluding diaryl/α,β-unsaturated/α-hetero) is 3. The molecule has 4 aliphatic heterocycles.